The van der Waals surface area contributed by atoms with Crippen molar-refractivity contribution >= 4 is 23.9 Å². The quantitative estimate of drug-likeness (QED) is 0.264. The zero-order valence-electron chi connectivity index (χ0n) is 23.2. The SMILES string of the molecule is CCCC(C)C(=O)OC[C@H](C)OC(=O)[C@@H](N)Cc1ccc(OC(=O)CC(C)C)c(OC(=O)CC(C)C)c1. The Morgan fingerprint density at radius 3 is 1.95 bits per heavy atom. The van der Waals surface area contributed by atoms with Gasteiger partial charge in [-0.05, 0) is 49.3 Å². The predicted octanol–water partition coefficient (Wildman–Crippen LogP) is 4.37. The molecule has 0 heterocycles. The lowest BCUT2D eigenvalue weighted by Crippen LogP contribution is -2.37. The van der Waals surface area contributed by atoms with Crippen LogP contribution in [0.1, 0.15) is 79.7 Å². The van der Waals surface area contributed by atoms with Crippen LogP contribution in [-0.4, -0.2) is 42.6 Å². The molecule has 1 unspecified atom stereocenters. The summed E-state index contributed by atoms with van der Waals surface area (Å²) in [5.41, 5.74) is 6.65. The lowest BCUT2D eigenvalue weighted by atomic mass is 10.1. The summed E-state index contributed by atoms with van der Waals surface area (Å²) >= 11 is 0. The van der Waals surface area contributed by atoms with Gasteiger partial charge in [-0.1, -0.05) is 54.0 Å². The first kappa shape index (κ1) is 32.1. The summed E-state index contributed by atoms with van der Waals surface area (Å²) in [7, 11) is 0. The van der Waals surface area contributed by atoms with E-state index < -0.39 is 30.1 Å². The molecule has 0 bridgehead atoms. The first-order chi connectivity index (χ1) is 17.3. The highest BCUT2D eigenvalue weighted by Crippen LogP contribution is 2.30. The Kier molecular flexibility index (Phi) is 13.9. The van der Waals surface area contributed by atoms with E-state index in [0.29, 0.717) is 5.56 Å². The zero-order chi connectivity index (χ0) is 28.1. The lowest BCUT2D eigenvalue weighted by Gasteiger charge is -2.18. The van der Waals surface area contributed by atoms with Gasteiger partial charge >= 0.3 is 23.9 Å². The van der Waals surface area contributed by atoms with Crippen LogP contribution in [0.25, 0.3) is 0 Å². The summed E-state index contributed by atoms with van der Waals surface area (Å²) in [5, 5.41) is 0. The Balaban J connectivity index is 2.85. The van der Waals surface area contributed by atoms with Crippen molar-refractivity contribution in [2.45, 2.75) is 92.7 Å². The molecule has 0 saturated heterocycles. The summed E-state index contributed by atoms with van der Waals surface area (Å²) < 4.78 is 21.4. The number of rotatable bonds is 15. The van der Waals surface area contributed by atoms with E-state index in [4.69, 9.17) is 24.7 Å². The van der Waals surface area contributed by atoms with Gasteiger partial charge in [-0.2, -0.15) is 0 Å². The minimum Gasteiger partial charge on any atom is -0.462 e. The normalized spacial score (nSPS) is 13.6. The Bertz CT molecular complexity index is 911. The van der Waals surface area contributed by atoms with Gasteiger partial charge in [0.25, 0.3) is 0 Å². The molecule has 0 aliphatic carbocycles. The molecule has 3 atom stereocenters. The highest BCUT2D eigenvalue weighted by molar-refractivity contribution is 5.78. The zero-order valence-corrected chi connectivity index (χ0v) is 23.2. The molecule has 0 fully saturated rings. The van der Waals surface area contributed by atoms with Crippen LogP contribution in [0.15, 0.2) is 18.2 Å². The molecule has 0 aliphatic heterocycles. The number of hydrogen-bond acceptors (Lipinski definition) is 9. The molecule has 0 aliphatic rings. The van der Waals surface area contributed by atoms with Crippen LogP contribution in [0.5, 0.6) is 11.5 Å². The molecule has 208 valence electrons. The fourth-order valence-electron chi connectivity index (χ4n) is 3.39. The molecule has 1 aromatic carbocycles. The minimum atomic E-state index is -1.01. The van der Waals surface area contributed by atoms with Crippen molar-refractivity contribution in [2.24, 2.45) is 23.5 Å². The van der Waals surface area contributed by atoms with Gasteiger partial charge in [0, 0.05) is 12.8 Å². The van der Waals surface area contributed by atoms with Gasteiger partial charge in [-0.3, -0.25) is 19.2 Å². The first-order valence-electron chi connectivity index (χ1n) is 13.0. The number of esters is 4. The predicted molar refractivity (Wildman–Crippen MR) is 139 cm³/mol. The molecule has 9 heteroatoms. The molecule has 37 heavy (non-hydrogen) atoms. The van der Waals surface area contributed by atoms with E-state index in [1.54, 1.807) is 19.9 Å². The standard InChI is InChI=1S/C28H43NO8/c1-8-9-19(6)27(32)34-16-20(7)35-28(33)22(29)14-21-10-11-23(36-25(30)12-17(2)3)24(15-21)37-26(31)13-18(4)5/h10-11,15,17-20,22H,8-9,12-14,16,29H2,1-7H3/t19?,20-,22-/m0/s1. The smallest absolute Gasteiger partial charge is 0.323 e. The Morgan fingerprint density at radius 2 is 1.41 bits per heavy atom. The number of ether oxygens (including phenoxy) is 4. The van der Waals surface area contributed by atoms with Crippen molar-refractivity contribution in [3.63, 3.8) is 0 Å². The molecule has 0 spiro atoms. The first-order valence-corrected chi connectivity index (χ1v) is 13.0. The lowest BCUT2D eigenvalue weighted by molar-refractivity contribution is -0.161. The summed E-state index contributed by atoms with van der Waals surface area (Å²) in [4.78, 5) is 48.9. The second-order valence-corrected chi connectivity index (χ2v) is 10.3. The van der Waals surface area contributed by atoms with Gasteiger partial charge in [0.1, 0.15) is 18.8 Å². The van der Waals surface area contributed by atoms with Crippen molar-refractivity contribution in [1.29, 1.82) is 0 Å². The number of hydrogen-bond donors (Lipinski definition) is 1. The average molecular weight is 522 g/mol. The van der Waals surface area contributed by atoms with Crippen molar-refractivity contribution in [3.8, 4) is 11.5 Å². The molecule has 2 N–H and O–H groups in total. The number of carbonyl (C=O) groups excluding carboxylic acids is 4. The number of benzene rings is 1. The van der Waals surface area contributed by atoms with E-state index in [-0.39, 0.29) is 61.1 Å². The van der Waals surface area contributed by atoms with E-state index in [9.17, 15) is 19.2 Å². The topological polar surface area (TPSA) is 131 Å². The van der Waals surface area contributed by atoms with Crippen molar-refractivity contribution in [1.82, 2.24) is 0 Å². The fourth-order valence-corrected chi connectivity index (χ4v) is 3.39. The van der Waals surface area contributed by atoms with Crippen LogP contribution in [0.4, 0.5) is 0 Å². The van der Waals surface area contributed by atoms with Crippen molar-refractivity contribution in [2.75, 3.05) is 6.61 Å². The van der Waals surface area contributed by atoms with Crippen LogP contribution in [0, 0.1) is 17.8 Å². The van der Waals surface area contributed by atoms with Crippen molar-refractivity contribution in [3.05, 3.63) is 23.8 Å². The van der Waals surface area contributed by atoms with E-state index in [1.165, 1.54) is 12.1 Å². The van der Waals surface area contributed by atoms with Crippen LogP contribution < -0.4 is 15.2 Å². The third kappa shape index (κ3) is 12.7. The van der Waals surface area contributed by atoms with Crippen LogP contribution in [-0.2, 0) is 35.1 Å². The van der Waals surface area contributed by atoms with E-state index in [1.807, 2.05) is 34.6 Å². The summed E-state index contributed by atoms with van der Waals surface area (Å²) in [6.45, 7) is 12.9. The van der Waals surface area contributed by atoms with Gasteiger partial charge in [0.2, 0.25) is 0 Å². The molecule has 0 radical (unpaired) electrons. The Hall–Kier alpha value is -2.94. The van der Waals surface area contributed by atoms with Crippen LogP contribution in [0.3, 0.4) is 0 Å². The third-order valence-electron chi connectivity index (χ3n) is 5.27. The Morgan fingerprint density at radius 1 is 0.838 bits per heavy atom. The molecule has 0 aromatic heterocycles. The average Bonchev–Trinajstić information content (AvgIpc) is 2.78. The van der Waals surface area contributed by atoms with E-state index in [2.05, 4.69) is 0 Å². The van der Waals surface area contributed by atoms with Gasteiger partial charge in [-0.25, -0.2) is 0 Å². The van der Waals surface area contributed by atoms with Crippen LogP contribution >= 0.6 is 0 Å². The summed E-state index contributed by atoms with van der Waals surface area (Å²) in [5.74, 6) is -1.71. The summed E-state index contributed by atoms with van der Waals surface area (Å²) in [6, 6.07) is 3.68. The second-order valence-electron chi connectivity index (χ2n) is 10.3. The second kappa shape index (κ2) is 16.0. The number of nitrogens with two attached hydrogens (primary N) is 1. The largest absolute Gasteiger partial charge is 0.462 e. The molecule has 1 rings (SSSR count). The van der Waals surface area contributed by atoms with E-state index in [0.717, 1.165) is 12.8 Å². The molecular weight excluding hydrogens is 478 g/mol. The highest BCUT2D eigenvalue weighted by atomic mass is 16.6. The van der Waals surface area contributed by atoms with Gasteiger partial charge < -0.3 is 24.7 Å². The maximum Gasteiger partial charge on any atom is 0.323 e. The molecule has 0 saturated carbocycles. The maximum atomic E-state index is 12.5. The minimum absolute atomic E-state index is 0.0578. The van der Waals surface area contributed by atoms with Crippen LogP contribution in [0.2, 0.25) is 0 Å². The third-order valence-corrected chi connectivity index (χ3v) is 5.27. The summed E-state index contributed by atoms with van der Waals surface area (Å²) in [6.07, 6.45) is 1.43. The monoisotopic (exact) mass is 521 g/mol. The molecular formula is C28H43NO8. The molecule has 0 amide bonds. The molecule has 1 aromatic rings. The van der Waals surface area contributed by atoms with E-state index >= 15 is 0 Å². The Labute approximate surface area is 220 Å². The number of carbonyl (C=O) groups is 4. The fraction of sp³-hybridized carbons (Fsp3) is 0.643. The van der Waals surface area contributed by atoms with Gasteiger partial charge in [-0.15, -0.1) is 0 Å². The maximum absolute atomic E-state index is 12.5. The van der Waals surface area contributed by atoms with Gasteiger partial charge in [0.15, 0.2) is 11.5 Å². The highest BCUT2D eigenvalue weighted by Gasteiger charge is 2.22. The molecule has 9 nitrogen and oxygen atoms in total. The van der Waals surface area contributed by atoms with Crippen molar-refractivity contribution < 1.29 is 38.1 Å². The van der Waals surface area contributed by atoms with Gasteiger partial charge in [0.05, 0.1) is 5.92 Å².